The van der Waals surface area contributed by atoms with Crippen LogP contribution in [0.1, 0.15) is 45.4 Å². The van der Waals surface area contributed by atoms with E-state index in [0.717, 1.165) is 11.8 Å². The van der Waals surface area contributed by atoms with E-state index < -0.39 is 0 Å². The Labute approximate surface area is 74.5 Å². The summed E-state index contributed by atoms with van der Waals surface area (Å²) in [4.78, 5) is 11.0. The van der Waals surface area contributed by atoms with Crippen molar-refractivity contribution in [2.45, 2.75) is 45.4 Å². The van der Waals surface area contributed by atoms with Crippen LogP contribution in [0.15, 0.2) is 0 Å². The molecule has 1 heteroatoms. The molecule has 0 radical (unpaired) electrons. The fraction of sp³-hybridized carbons (Fsp3) is 0.909. The van der Waals surface area contributed by atoms with Gasteiger partial charge in [0, 0.05) is 5.92 Å². The molecule has 2 aliphatic carbocycles. The first kappa shape index (κ1) is 8.28. The summed E-state index contributed by atoms with van der Waals surface area (Å²) in [5.74, 6) is 2.77. The smallest absolute Gasteiger partial charge is 0.132 e. The summed E-state index contributed by atoms with van der Waals surface area (Å²) in [7, 11) is 0. The van der Waals surface area contributed by atoms with Gasteiger partial charge in [0.25, 0.3) is 0 Å². The van der Waals surface area contributed by atoms with Crippen LogP contribution in [0.3, 0.4) is 0 Å². The zero-order valence-electron chi connectivity index (χ0n) is 7.88. The van der Waals surface area contributed by atoms with Crippen molar-refractivity contribution in [2.24, 2.45) is 17.8 Å². The molecule has 0 saturated heterocycles. The van der Waals surface area contributed by atoms with Crippen molar-refractivity contribution in [2.75, 3.05) is 0 Å². The van der Waals surface area contributed by atoms with Crippen molar-refractivity contribution in [3.8, 4) is 0 Å². The molecule has 2 fully saturated rings. The van der Waals surface area contributed by atoms with Gasteiger partial charge in [0.15, 0.2) is 0 Å². The van der Waals surface area contributed by atoms with E-state index in [1.807, 2.05) is 0 Å². The van der Waals surface area contributed by atoms with Crippen molar-refractivity contribution in [1.82, 2.24) is 0 Å². The number of hydrogen-bond acceptors (Lipinski definition) is 1. The van der Waals surface area contributed by atoms with E-state index in [1.165, 1.54) is 38.5 Å². The number of rotatable bonds is 2. The number of carbonyl (C=O) groups excluding carboxylic acids is 1. The van der Waals surface area contributed by atoms with Crippen molar-refractivity contribution >= 4 is 5.78 Å². The zero-order valence-corrected chi connectivity index (χ0v) is 7.88. The molecule has 68 valence electrons. The second kappa shape index (κ2) is 3.20. The molecule has 1 nitrogen and oxygen atoms in total. The molecule has 0 aromatic rings. The average Bonchev–Trinajstić information content (AvgIpc) is 2.34. The molecular weight excluding hydrogens is 148 g/mol. The lowest BCUT2D eigenvalue weighted by atomic mass is 9.67. The quantitative estimate of drug-likeness (QED) is 0.616. The van der Waals surface area contributed by atoms with Gasteiger partial charge in [-0.3, -0.25) is 4.79 Å². The molecule has 12 heavy (non-hydrogen) atoms. The fourth-order valence-corrected chi connectivity index (χ4v) is 2.81. The molecule has 0 aromatic heterocycles. The molecule has 0 bridgehead atoms. The monoisotopic (exact) mass is 166 g/mol. The summed E-state index contributed by atoms with van der Waals surface area (Å²) in [5.41, 5.74) is 0. The molecule has 0 unspecified atom stereocenters. The largest absolute Gasteiger partial charge is 0.300 e. The van der Waals surface area contributed by atoms with E-state index in [4.69, 9.17) is 0 Å². The summed E-state index contributed by atoms with van der Waals surface area (Å²) >= 11 is 0. The first-order valence-electron chi connectivity index (χ1n) is 5.28. The summed E-state index contributed by atoms with van der Waals surface area (Å²) in [6.07, 6.45) is 8.17. The maximum atomic E-state index is 11.0. The third-order valence-corrected chi connectivity index (χ3v) is 3.82. The Morgan fingerprint density at radius 3 is 2.17 bits per heavy atom. The minimum Gasteiger partial charge on any atom is -0.300 e. The Morgan fingerprint density at radius 1 is 1.08 bits per heavy atom. The molecule has 0 amide bonds. The molecule has 0 spiro atoms. The van der Waals surface area contributed by atoms with Gasteiger partial charge >= 0.3 is 0 Å². The lowest BCUT2D eigenvalue weighted by Crippen LogP contribution is -2.33. The van der Waals surface area contributed by atoms with Crippen LogP contribution >= 0.6 is 0 Å². The molecule has 0 N–H and O–H groups in total. The molecule has 2 saturated carbocycles. The van der Waals surface area contributed by atoms with Crippen molar-refractivity contribution in [3.05, 3.63) is 0 Å². The van der Waals surface area contributed by atoms with Gasteiger partial charge in [0.05, 0.1) is 0 Å². The Kier molecular flexibility index (Phi) is 2.20. The van der Waals surface area contributed by atoms with Crippen molar-refractivity contribution in [1.29, 1.82) is 0 Å². The minimum absolute atomic E-state index is 0.421. The standard InChI is InChI=1S/C11H18O/c1-8(12)10-6-11(7-10)9-4-2-3-5-9/h9-11H,2-7H2,1H3. The van der Waals surface area contributed by atoms with Gasteiger partial charge in [-0.1, -0.05) is 25.7 Å². The first-order chi connectivity index (χ1) is 5.77. The van der Waals surface area contributed by atoms with E-state index in [2.05, 4.69) is 0 Å². The third-order valence-electron chi connectivity index (χ3n) is 3.82. The van der Waals surface area contributed by atoms with Gasteiger partial charge in [0.2, 0.25) is 0 Å². The fourth-order valence-electron chi connectivity index (χ4n) is 2.81. The highest BCUT2D eigenvalue weighted by Crippen LogP contribution is 2.45. The molecular formula is C11H18O. The zero-order chi connectivity index (χ0) is 8.55. The van der Waals surface area contributed by atoms with Crippen LogP contribution < -0.4 is 0 Å². The van der Waals surface area contributed by atoms with E-state index in [-0.39, 0.29) is 0 Å². The summed E-state index contributed by atoms with van der Waals surface area (Å²) in [6.45, 7) is 1.75. The second-order valence-corrected chi connectivity index (χ2v) is 4.58. The van der Waals surface area contributed by atoms with Gasteiger partial charge < -0.3 is 0 Å². The topological polar surface area (TPSA) is 17.1 Å². The molecule has 0 heterocycles. The number of carbonyl (C=O) groups is 1. The lowest BCUT2D eigenvalue weighted by Gasteiger charge is -2.37. The molecule has 2 rings (SSSR count). The van der Waals surface area contributed by atoms with Crippen molar-refractivity contribution < 1.29 is 4.79 Å². The van der Waals surface area contributed by atoms with E-state index in [1.54, 1.807) is 6.92 Å². The maximum absolute atomic E-state index is 11.0. The number of hydrogen-bond donors (Lipinski definition) is 0. The molecule has 0 aliphatic heterocycles. The SMILES string of the molecule is CC(=O)C1CC(C2CCCC2)C1. The minimum atomic E-state index is 0.421. The Morgan fingerprint density at radius 2 is 1.67 bits per heavy atom. The molecule has 2 aliphatic rings. The third kappa shape index (κ3) is 1.41. The van der Waals surface area contributed by atoms with Gasteiger partial charge in [0.1, 0.15) is 5.78 Å². The average molecular weight is 166 g/mol. The summed E-state index contributed by atoms with van der Waals surface area (Å²) in [5, 5.41) is 0. The van der Waals surface area contributed by atoms with Crippen LogP contribution in [-0.4, -0.2) is 5.78 Å². The second-order valence-electron chi connectivity index (χ2n) is 4.58. The van der Waals surface area contributed by atoms with Crippen LogP contribution in [0.2, 0.25) is 0 Å². The van der Waals surface area contributed by atoms with Gasteiger partial charge in [-0.2, -0.15) is 0 Å². The number of Topliss-reactive ketones (excluding diaryl/α,β-unsaturated/α-hetero) is 1. The predicted molar refractivity (Wildman–Crippen MR) is 48.9 cm³/mol. The van der Waals surface area contributed by atoms with Gasteiger partial charge in [-0.25, -0.2) is 0 Å². The Hall–Kier alpha value is -0.330. The van der Waals surface area contributed by atoms with Crippen LogP contribution in [0.25, 0.3) is 0 Å². The molecule has 0 atom stereocenters. The van der Waals surface area contributed by atoms with Crippen LogP contribution in [0.5, 0.6) is 0 Å². The van der Waals surface area contributed by atoms with E-state index in [9.17, 15) is 4.79 Å². The lowest BCUT2D eigenvalue weighted by molar-refractivity contribution is -0.125. The van der Waals surface area contributed by atoms with E-state index >= 15 is 0 Å². The highest BCUT2D eigenvalue weighted by Gasteiger charge is 2.37. The molecule has 0 aromatic carbocycles. The first-order valence-corrected chi connectivity index (χ1v) is 5.28. The van der Waals surface area contributed by atoms with Gasteiger partial charge in [-0.05, 0) is 31.6 Å². The Bertz CT molecular complexity index is 173. The normalized spacial score (nSPS) is 36.4. The van der Waals surface area contributed by atoms with Crippen LogP contribution in [0.4, 0.5) is 0 Å². The summed E-state index contributed by atoms with van der Waals surface area (Å²) < 4.78 is 0. The van der Waals surface area contributed by atoms with Crippen molar-refractivity contribution in [3.63, 3.8) is 0 Å². The Balaban J connectivity index is 1.77. The summed E-state index contributed by atoms with van der Waals surface area (Å²) in [6, 6.07) is 0. The van der Waals surface area contributed by atoms with E-state index in [0.29, 0.717) is 11.7 Å². The maximum Gasteiger partial charge on any atom is 0.132 e. The van der Waals surface area contributed by atoms with Crippen LogP contribution in [-0.2, 0) is 4.79 Å². The highest BCUT2D eigenvalue weighted by atomic mass is 16.1. The van der Waals surface area contributed by atoms with Crippen LogP contribution in [0, 0.1) is 17.8 Å². The van der Waals surface area contributed by atoms with Gasteiger partial charge in [-0.15, -0.1) is 0 Å². The predicted octanol–water partition coefficient (Wildman–Crippen LogP) is 2.79. The highest BCUT2D eigenvalue weighted by molar-refractivity contribution is 5.79. The number of ketones is 1.